The normalized spacial score (nSPS) is 11.2. The molecular weight excluding hydrogens is 318 g/mol. The molecule has 0 unspecified atom stereocenters. The quantitative estimate of drug-likeness (QED) is 0.681. The molecule has 0 amide bonds. The average Bonchev–Trinajstić information content (AvgIpc) is 3.04. The van der Waals surface area contributed by atoms with Crippen LogP contribution in [0.3, 0.4) is 0 Å². The van der Waals surface area contributed by atoms with E-state index in [2.05, 4.69) is 9.88 Å². The second kappa shape index (κ2) is 8.00. The Morgan fingerprint density at radius 1 is 1.12 bits per heavy atom. The van der Waals surface area contributed by atoms with Crippen molar-refractivity contribution in [2.75, 3.05) is 27.4 Å². The molecule has 0 fully saturated rings. The van der Waals surface area contributed by atoms with Gasteiger partial charge in [-0.25, -0.2) is 4.98 Å². The number of nitrogens with zero attached hydrogens (tertiary/aromatic N) is 3. The minimum Gasteiger partial charge on any atom is -0.497 e. The molecule has 0 saturated heterocycles. The maximum Gasteiger partial charge on any atom is 0.137 e. The highest BCUT2D eigenvalue weighted by atomic mass is 16.5. The van der Waals surface area contributed by atoms with Crippen LogP contribution in [0.1, 0.15) is 11.3 Å². The molecule has 132 valence electrons. The smallest absolute Gasteiger partial charge is 0.137 e. The highest BCUT2D eigenvalue weighted by Gasteiger charge is 2.13. The van der Waals surface area contributed by atoms with E-state index in [-0.39, 0.29) is 6.61 Å². The first kappa shape index (κ1) is 17.3. The van der Waals surface area contributed by atoms with Gasteiger partial charge in [-0.05, 0) is 30.3 Å². The summed E-state index contributed by atoms with van der Waals surface area (Å²) in [7, 11) is 3.30. The lowest BCUT2D eigenvalue weighted by atomic mass is 10.1. The Morgan fingerprint density at radius 3 is 2.72 bits per heavy atom. The summed E-state index contributed by atoms with van der Waals surface area (Å²) in [5.41, 5.74) is 2.89. The van der Waals surface area contributed by atoms with Crippen LogP contribution in [0.2, 0.25) is 0 Å². The Bertz CT molecular complexity index is 799. The number of fused-ring (bicyclic) bond motifs is 1. The molecule has 2 heterocycles. The van der Waals surface area contributed by atoms with Crippen LogP contribution >= 0.6 is 0 Å². The molecule has 3 rings (SSSR count). The summed E-state index contributed by atoms with van der Waals surface area (Å²) in [6, 6.07) is 11.7. The molecule has 2 aromatic heterocycles. The minimum atomic E-state index is 0.0830. The molecule has 0 bridgehead atoms. The fraction of sp³-hybridized carbons (Fsp3) is 0.316. The van der Waals surface area contributed by atoms with E-state index in [9.17, 15) is 5.11 Å². The molecule has 0 spiro atoms. The van der Waals surface area contributed by atoms with E-state index < -0.39 is 0 Å². The van der Waals surface area contributed by atoms with Gasteiger partial charge in [0.15, 0.2) is 0 Å². The lowest BCUT2D eigenvalue weighted by Gasteiger charge is -2.22. The molecule has 0 atom stereocenters. The van der Waals surface area contributed by atoms with Gasteiger partial charge >= 0.3 is 0 Å². The number of aliphatic hydroxyl groups is 1. The molecule has 1 aromatic carbocycles. The number of rotatable bonds is 8. The van der Waals surface area contributed by atoms with E-state index in [1.807, 2.05) is 53.2 Å². The number of pyridine rings is 1. The molecule has 3 aromatic rings. The van der Waals surface area contributed by atoms with Crippen LogP contribution in [0.4, 0.5) is 0 Å². The number of imidazole rings is 1. The van der Waals surface area contributed by atoms with Gasteiger partial charge in [0.05, 0.1) is 26.5 Å². The van der Waals surface area contributed by atoms with Crippen LogP contribution in [-0.4, -0.2) is 46.8 Å². The zero-order valence-electron chi connectivity index (χ0n) is 14.6. The molecule has 0 aliphatic rings. The number of methoxy groups -OCH3 is 2. The van der Waals surface area contributed by atoms with E-state index in [1.54, 1.807) is 14.2 Å². The van der Waals surface area contributed by atoms with Crippen molar-refractivity contribution in [3.05, 3.63) is 60.0 Å². The molecule has 0 aliphatic heterocycles. The summed E-state index contributed by atoms with van der Waals surface area (Å²) in [5, 5.41) is 9.44. The van der Waals surface area contributed by atoms with Gasteiger partial charge in [-0.1, -0.05) is 6.07 Å². The first-order chi connectivity index (χ1) is 12.2. The Kier molecular flexibility index (Phi) is 5.53. The van der Waals surface area contributed by atoms with Gasteiger partial charge in [-0.3, -0.25) is 4.90 Å². The van der Waals surface area contributed by atoms with Crippen molar-refractivity contribution in [1.29, 1.82) is 0 Å². The summed E-state index contributed by atoms with van der Waals surface area (Å²) in [6.45, 7) is 1.91. The lowest BCUT2D eigenvalue weighted by Crippen LogP contribution is -2.26. The Balaban J connectivity index is 1.81. The van der Waals surface area contributed by atoms with Crippen molar-refractivity contribution < 1.29 is 14.6 Å². The summed E-state index contributed by atoms with van der Waals surface area (Å²) in [4.78, 5) is 6.77. The monoisotopic (exact) mass is 341 g/mol. The standard InChI is InChI=1S/C19H23N3O3/c1-24-17-6-7-18(25-2)15(11-17)12-21(9-10-23)13-16-14-22-8-4-3-5-19(22)20-16/h3-8,11,14,23H,9-10,12-13H2,1-2H3. The van der Waals surface area contributed by atoms with Gasteiger partial charge in [-0.15, -0.1) is 0 Å². The van der Waals surface area contributed by atoms with E-state index in [0.717, 1.165) is 28.4 Å². The van der Waals surface area contributed by atoms with Crippen molar-refractivity contribution in [3.8, 4) is 11.5 Å². The van der Waals surface area contributed by atoms with E-state index in [4.69, 9.17) is 9.47 Å². The second-order valence-electron chi connectivity index (χ2n) is 5.81. The van der Waals surface area contributed by atoms with Crippen LogP contribution in [0.15, 0.2) is 48.8 Å². The number of benzene rings is 1. The molecule has 6 nitrogen and oxygen atoms in total. The number of hydrogen-bond acceptors (Lipinski definition) is 5. The van der Waals surface area contributed by atoms with Gasteiger partial charge in [-0.2, -0.15) is 0 Å². The summed E-state index contributed by atoms with van der Waals surface area (Å²) >= 11 is 0. The fourth-order valence-electron chi connectivity index (χ4n) is 2.89. The topological polar surface area (TPSA) is 59.2 Å². The molecule has 25 heavy (non-hydrogen) atoms. The first-order valence-electron chi connectivity index (χ1n) is 8.20. The maximum atomic E-state index is 9.44. The number of hydrogen-bond donors (Lipinski definition) is 1. The van der Waals surface area contributed by atoms with Crippen molar-refractivity contribution >= 4 is 5.65 Å². The summed E-state index contributed by atoms with van der Waals surface area (Å²) < 4.78 is 12.8. The molecule has 0 saturated carbocycles. The predicted octanol–water partition coefficient (Wildman–Crippen LogP) is 2.35. The van der Waals surface area contributed by atoms with Crippen molar-refractivity contribution in [2.24, 2.45) is 0 Å². The van der Waals surface area contributed by atoms with Gasteiger partial charge < -0.3 is 19.0 Å². The van der Waals surface area contributed by atoms with Crippen LogP contribution in [0.5, 0.6) is 11.5 Å². The predicted molar refractivity (Wildman–Crippen MR) is 95.9 cm³/mol. The molecule has 6 heteroatoms. The molecule has 1 N–H and O–H groups in total. The van der Waals surface area contributed by atoms with E-state index in [0.29, 0.717) is 19.6 Å². The van der Waals surface area contributed by atoms with Crippen LogP contribution in [-0.2, 0) is 13.1 Å². The van der Waals surface area contributed by atoms with Gasteiger partial charge in [0.25, 0.3) is 0 Å². The van der Waals surface area contributed by atoms with Crippen LogP contribution in [0, 0.1) is 0 Å². The molecular formula is C19H23N3O3. The van der Waals surface area contributed by atoms with Gasteiger partial charge in [0, 0.05) is 37.6 Å². The summed E-state index contributed by atoms with van der Waals surface area (Å²) in [6.07, 6.45) is 4.00. The van der Waals surface area contributed by atoms with Crippen molar-refractivity contribution in [2.45, 2.75) is 13.1 Å². The number of aliphatic hydroxyl groups excluding tert-OH is 1. The number of ether oxygens (including phenoxy) is 2. The molecule has 0 aliphatic carbocycles. The van der Waals surface area contributed by atoms with E-state index in [1.165, 1.54) is 0 Å². The van der Waals surface area contributed by atoms with Gasteiger partial charge in [0.2, 0.25) is 0 Å². The minimum absolute atomic E-state index is 0.0830. The third-order valence-corrected chi connectivity index (χ3v) is 4.10. The Morgan fingerprint density at radius 2 is 2.00 bits per heavy atom. The van der Waals surface area contributed by atoms with E-state index >= 15 is 0 Å². The zero-order chi connectivity index (χ0) is 17.6. The lowest BCUT2D eigenvalue weighted by molar-refractivity contribution is 0.181. The molecule has 0 radical (unpaired) electrons. The summed E-state index contributed by atoms with van der Waals surface area (Å²) in [5.74, 6) is 1.59. The third kappa shape index (κ3) is 4.10. The average molecular weight is 341 g/mol. The van der Waals surface area contributed by atoms with Gasteiger partial charge in [0.1, 0.15) is 17.1 Å². The SMILES string of the molecule is COc1ccc(OC)c(CN(CCO)Cc2cn3ccccc3n2)c1. The van der Waals surface area contributed by atoms with Crippen LogP contribution < -0.4 is 9.47 Å². The number of aromatic nitrogens is 2. The zero-order valence-corrected chi connectivity index (χ0v) is 14.6. The van der Waals surface area contributed by atoms with Crippen molar-refractivity contribution in [1.82, 2.24) is 14.3 Å². The second-order valence-corrected chi connectivity index (χ2v) is 5.81. The van der Waals surface area contributed by atoms with Crippen LogP contribution in [0.25, 0.3) is 5.65 Å². The highest BCUT2D eigenvalue weighted by molar-refractivity contribution is 5.41. The van der Waals surface area contributed by atoms with Crippen molar-refractivity contribution in [3.63, 3.8) is 0 Å². The Hall–Kier alpha value is -2.57. The first-order valence-corrected chi connectivity index (χ1v) is 8.20. The Labute approximate surface area is 147 Å². The maximum absolute atomic E-state index is 9.44. The largest absolute Gasteiger partial charge is 0.497 e. The third-order valence-electron chi connectivity index (χ3n) is 4.10. The highest BCUT2D eigenvalue weighted by Crippen LogP contribution is 2.25. The fourth-order valence-corrected chi connectivity index (χ4v) is 2.89.